The third kappa shape index (κ3) is 4.97. The summed E-state index contributed by atoms with van der Waals surface area (Å²) < 4.78 is 0. The lowest BCUT2D eigenvalue weighted by molar-refractivity contribution is -0.116. The lowest BCUT2D eigenvalue weighted by Crippen LogP contribution is -2.10. The normalized spacial score (nSPS) is 10.8. The maximum atomic E-state index is 11.6. The van der Waals surface area contributed by atoms with Gasteiger partial charge in [-0.2, -0.15) is 5.10 Å². The molecule has 0 radical (unpaired) electrons. The van der Waals surface area contributed by atoms with Crippen LogP contribution in [0, 0.1) is 0 Å². The van der Waals surface area contributed by atoms with Gasteiger partial charge in [-0.1, -0.05) is 25.1 Å². The molecule has 26 heavy (non-hydrogen) atoms. The SMILES string of the molecule is CCCC(=O)Nc1ccc(-c2csc(NN=Cc3ccccn3)n2)cc1. The molecule has 0 aliphatic rings. The quantitative estimate of drug-likeness (QED) is 0.481. The highest BCUT2D eigenvalue weighted by Gasteiger charge is 2.05. The predicted molar refractivity (Wildman–Crippen MR) is 107 cm³/mol. The van der Waals surface area contributed by atoms with Gasteiger partial charge in [-0.05, 0) is 30.7 Å². The fourth-order valence-corrected chi connectivity index (χ4v) is 2.91. The number of amides is 1. The number of rotatable bonds is 7. The fraction of sp³-hybridized carbons (Fsp3) is 0.158. The Bertz CT molecular complexity index is 874. The van der Waals surface area contributed by atoms with Crippen molar-refractivity contribution in [2.75, 3.05) is 10.7 Å². The molecular weight excluding hydrogens is 346 g/mol. The minimum absolute atomic E-state index is 0.0335. The molecule has 0 spiro atoms. The smallest absolute Gasteiger partial charge is 0.224 e. The van der Waals surface area contributed by atoms with Crippen molar-refractivity contribution in [2.24, 2.45) is 5.10 Å². The molecule has 6 nitrogen and oxygen atoms in total. The zero-order valence-corrected chi connectivity index (χ0v) is 15.2. The minimum Gasteiger partial charge on any atom is -0.326 e. The van der Waals surface area contributed by atoms with E-state index < -0.39 is 0 Å². The molecule has 0 saturated carbocycles. The highest BCUT2D eigenvalue weighted by molar-refractivity contribution is 7.14. The molecule has 2 N–H and O–H groups in total. The van der Waals surface area contributed by atoms with E-state index in [1.165, 1.54) is 11.3 Å². The van der Waals surface area contributed by atoms with Gasteiger partial charge < -0.3 is 5.32 Å². The van der Waals surface area contributed by atoms with Gasteiger partial charge in [-0.25, -0.2) is 4.98 Å². The Morgan fingerprint density at radius 3 is 2.81 bits per heavy atom. The Hall–Kier alpha value is -3.06. The summed E-state index contributed by atoms with van der Waals surface area (Å²) in [5.74, 6) is 0.0335. The summed E-state index contributed by atoms with van der Waals surface area (Å²) >= 11 is 1.47. The molecule has 0 fully saturated rings. The van der Waals surface area contributed by atoms with Crippen LogP contribution >= 0.6 is 11.3 Å². The Kier molecular flexibility index (Phi) is 6.05. The molecule has 0 aliphatic heterocycles. The summed E-state index contributed by atoms with van der Waals surface area (Å²) in [5.41, 5.74) is 6.32. The Morgan fingerprint density at radius 2 is 2.08 bits per heavy atom. The average Bonchev–Trinajstić information content (AvgIpc) is 3.12. The number of pyridine rings is 1. The standard InChI is InChI=1S/C19H19N5OS/c1-2-5-18(25)22-15-9-7-14(8-10-15)17-13-26-19(23-17)24-21-12-16-6-3-4-11-20-16/h3-4,6-13H,2,5H2,1H3,(H,22,25)(H,23,24). The summed E-state index contributed by atoms with van der Waals surface area (Å²) in [4.78, 5) is 20.3. The first-order chi connectivity index (χ1) is 12.7. The van der Waals surface area contributed by atoms with Gasteiger partial charge >= 0.3 is 0 Å². The molecule has 0 atom stereocenters. The zero-order chi connectivity index (χ0) is 18.2. The van der Waals surface area contributed by atoms with Gasteiger partial charge in [0.15, 0.2) is 0 Å². The molecule has 1 aromatic carbocycles. The van der Waals surface area contributed by atoms with E-state index >= 15 is 0 Å². The molecule has 0 saturated heterocycles. The molecule has 2 aromatic heterocycles. The van der Waals surface area contributed by atoms with Crippen LogP contribution in [0.3, 0.4) is 0 Å². The second-order valence-electron chi connectivity index (χ2n) is 5.54. The van der Waals surface area contributed by atoms with E-state index in [4.69, 9.17) is 0 Å². The van der Waals surface area contributed by atoms with Gasteiger partial charge in [0.05, 0.1) is 17.6 Å². The number of hydrazone groups is 1. The number of anilines is 2. The van der Waals surface area contributed by atoms with E-state index in [1.54, 1.807) is 12.4 Å². The van der Waals surface area contributed by atoms with Crippen molar-refractivity contribution in [3.8, 4) is 11.3 Å². The van der Waals surface area contributed by atoms with E-state index in [2.05, 4.69) is 25.8 Å². The van der Waals surface area contributed by atoms with Crippen molar-refractivity contribution in [2.45, 2.75) is 19.8 Å². The number of hydrogen-bond acceptors (Lipinski definition) is 6. The number of carbonyl (C=O) groups excluding carboxylic acids is 1. The molecule has 3 rings (SSSR count). The first-order valence-corrected chi connectivity index (χ1v) is 9.18. The molecule has 0 unspecified atom stereocenters. The first kappa shape index (κ1) is 17.8. The Labute approximate surface area is 156 Å². The van der Waals surface area contributed by atoms with Gasteiger partial charge in [-0.3, -0.25) is 15.2 Å². The van der Waals surface area contributed by atoms with Crippen molar-refractivity contribution in [1.82, 2.24) is 9.97 Å². The highest BCUT2D eigenvalue weighted by Crippen LogP contribution is 2.26. The number of thiazole rings is 1. The minimum atomic E-state index is 0.0335. The molecular formula is C19H19N5OS. The van der Waals surface area contributed by atoms with Crippen molar-refractivity contribution in [3.63, 3.8) is 0 Å². The third-order valence-corrected chi connectivity index (χ3v) is 4.24. The summed E-state index contributed by atoms with van der Waals surface area (Å²) in [6.45, 7) is 1.98. The maximum absolute atomic E-state index is 11.6. The first-order valence-electron chi connectivity index (χ1n) is 8.30. The van der Waals surface area contributed by atoms with Crippen molar-refractivity contribution in [1.29, 1.82) is 0 Å². The molecule has 1 amide bonds. The molecule has 0 bridgehead atoms. The molecule has 0 aliphatic carbocycles. The van der Waals surface area contributed by atoms with Crippen molar-refractivity contribution in [3.05, 3.63) is 59.7 Å². The number of benzene rings is 1. The number of aromatic nitrogens is 2. The Morgan fingerprint density at radius 1 is 1.23 bits per heavy atom. The van der Waals surface area contributed by atoms with Gasteiger partial charge in [-0.15, -0.1) is 11.3 Å². The van der Waals surface area contributed by atoms with E-state index in [-0.39, 0.29) is 5.91 Å². The average molecular weight is 365 g/mol. The number of nitrogens with zero attached hydrogens (tertiary/aromatic N) is 3. The monoisotopic (exact) mass is 365 g/mol. The Balaban J connectivity index is 1.60. The van der Waals surface area contributed by atoms with Crippen LogP contribution in [-0.4, -0.2) is 22.1 Å². The fourth-order valence-electron chi connectivity index (χ4n) is 2.24. The largest absolute Gasteiger partial charge is 0.326 e. The van der Waals surface area contributed by atoms with Crippen LogP contribution in [0.1, 0.15) is 25.5 Å². The number of carbonyl (C=O) groups is 1. The summed E-state index contributed by atoms with van der Waals surface area (Å²) in [6, 6.07) is 13.3. The van der Waals surface area contributed by atoms with Crippen molar-refractivity contribution >= 4 is 34.3 Å². The van der Waals surface area contributed by atoms with Crippen LogP contribution in [0.15, 0.2) is 59.1 Å². The summed E-state index contributed by atoms with van der Waals surface area (Å²) in [6.07, 6.45) is 4.73. The van der Waals surface area contributed by atoms with Crippen LogP contribution in [0.5, 0.6) is 0 Å². The van der Waals surface area contributed by atoms with Gasteiger partial charge in [0.1, 0.15) is 0 Å². The second-order valence-corrected chi connectivity index (χ2v) is 6.40. The van der Waals surface area contributed by atoms with E-state index in [0.717, 1.165) is 29.1 Å². The van der Waals surface area contributed by atoms with Gasteiger partial charge in [0, 0.05) is 29.2 Å². The van der Waals surface area contributed by atoms with Gasteiger partial charge in [0.25, 0.3) is 0 Å². The van der Waals surface area contributed by atoms with Crippen LogP contribution in [-0.2, 0) is 4.79 Å². The van der Waals surface area contributed by atoms with Crippen molar-refractivity contribution < 1.29 is 4.79 Å². The van der Waals surface area contributed by atoms with E-state index in [0.29, 0.717) is 11.6 Å². The van der Waals surface area contributed by atoms with Crippen LogP contribution in [0.4, 0.5) is 10.8 Å². The van der Waals surface area contributed by atoms with E-state index in [1.807, 2.05) is 54.8 Å². The molecule has 2 heterocycles. The third-order valence-electron chi connectivity index (χ3n) is 3.49. The van der Waals surface area contributed by atoms with E-state index in [9.17, 15) is 4.79 Å². The number of nitrogens with one attached hydrogen (secondary N) is 2. The van der Waals surface area contributed by atoms with Crippen LogP contribution < -0.4 is 10.7 Å². The molecule has 132 valence electrons. The highest BCUT2D eigenvalue weighted by atomic mass is 32.1. The zero-order valence-electron chi connectivity index (χ0n) is 14.3. The number of hydrogen-bond donors (Lipinski definition) is 2. The van der Waals surface area contributed by atoms with Crippen LogP contribution in [0.25, 0.3) is 11.3 Å². The predicted octanol–water partition coefficient (Wildman–Crippen LogP) is 4.39. The van der Waals surface area contributed by atoms with Crippen LogP contribution in [0.2, 0.25) is 0 Å². The lowest BCUT2D eigenvalue weighted by atomic mass is 10.1. The molecule has 7 heteroatoms. The lowest BCUT2D eigenvalue weighted by Gasteiger charge is -2.04. The molecule has 3 aromatic rings. The summed E-state index contributed by atoms with van der Waals surface area (Å²) in [5, 5.41) is 9.69. The van der Waals surface area contributed by atoms with Gasteiger partial charge in [0.2, 0.25) is 11.0 Å². The summed E-state index contributed by atoms with van der Waals surface area (Å²) in [7, 11) is 0. The second kappa shape index (κ2) is 8.87. The maximum Gasteiger partial charge on any atom is 0.224 e. The topological polar surface area (TPSA) is 79.3 Å².